The minimum Gasteiger partial charge on any atom is -0.480 e. The lowest BCUT2D eigenvalue weighted by Crippen LogP contribution is -2.18. The molecule has 2 heterocycles. The van der Waals surface area contributed by atoms with Crippen molar-refractivity contribution in [1.29, 1.82) is 0 Å². The first kappa shape index (κ1) is 13.8. The summed E-state index contributed by atoms with van der Waals surface area (Å²) in [5, 5.41) is 22.5. The van der Waals surface area contributed by atoms with Gasteiger partial charge in [-0.3, -0.25) is 0 Å². The molecule has 2 aliphatic rings. The smallest absolute Gasteiger partial charge is 0.341 e. The number of pyridine rings is 1. The molecule has 1 aromatic rings. The number of aromatic carboxylic acids is 1. The van der Waals surface area contributed by atoms with E-state index in [2.05, 4.69) is 10.1 Å². The maximum absolute atomic E-state index is 11.2. The zero-order valence-corrected chi connectivity index (χ0v) is 11.5. The number of carboxylic acid groups (broad SMARTS) is 1. The average molecular weight is 292 g/mol. The van der Waals surface area contributed by atoms with Crippen molar-refractivity contribution in [3.8, 4) is 5.88 Å². The van der Waals surface area contributed by atoms with Crippen LogP contribution in [0.4, 0.5) is 0 Å². The quantitative estimate of drug-likeness (QED) is 0.855. The molecule has 0 bridgehead atoms. The molecule has 1 fully saturated rings. The van der Waals surface area contributed by atoms with Crippen LogP contribution in [0.15, 0.2) is 17.4 Å². The van der Waals surface area contributed by atoms with Gasteiger partial charge in [0.15, 0.2) is 0 Å². The number of carboxylic acids is 1. The number of carbonyl (C=O) groups is 1. The lowest BCUT2D eigenvalue weighted by atomic mass is 9.94. The average Bonchev–Trinajstić information content (AvgIpc) is 3.06. The van der Waals surface area contributed by atoms with E-state index in [-0.39, 0.29) is 36.0 Å². The second-order valence-corrected chi connectivity index (χ2v) is 5.33. The molecule has 1 aliphatic carbocycles. The Morgan fingerprint density at radius 3 is 3.00 bits per heavy atom. The van der Waals surface area contributed by atoms with E-state index in [1.807, 2.05) is 0 Å². The first-order valence-electron chi connectivity index (χ1n) is 6.76. The van der Waals surface area contributed by atoms with E-state index in [9.17, 15) is 15.0 Å². The van der Waals surface area contributed by atoms with Crippen LogP contribution >= 0.6 is 0 Å². The van der Waals surface area contributed by atoms with E-state index in [1.54, 1.807) is 6.20 Å². The number of methoxy groups -OCH3 is 1. The van der Waals surface area contributed by atoms with Crippen LogP contribution in [0, 0.1) is 11.8 Å². The van der Waals surface area contributed by atoms with Gasteiger partial charge in [0.25, 0.3) is 0 Å². The third-order valence-corrected chi connectivity index (χ3v) is 4.07. The Hall–Kier alpha value is -2.15. The molecular formula is C14H16N2O5. The number of fused-ring (bicyclic) bond motifs is 1. The van der Waals surface area contributed by atoms with Crippen molar-refractivity contribution in [2.24, 2.45) is 17.0 Å². The lowest BCUT2D eigenvalue weighted by Gasteiger charge is -2.10. The maximum atomic E-state index is 11.2. The van der Waals surface area contributed by atoms with Gasteiger partial charge in [0.05, 0.1) is 12.8 Å². The molecular weight excluding hydrogens is 276 g/mol. The van der Waals surface area contributed by atoms with Crippen LogP contribution in [0.25, 0.3) is 0 Å². The Kier molecular flexibility index (Phi) is 3.50. The number of ether oxygens (including phenoxy) is 1. The van der Waals surface area contributed by atoms with Gasteiger partial charge in [0.2, 0.25) is 5.88 Å². The Morgan fingerprint density at radius 2 is 2.33 bits per heavy atom. The summed E-state index contributed by atoms with van der Waals surface area (Å²) in [5.41, 5.74) is 1.32. The van der Waals surface area contributed by atoms with Gasteiger partial charge in [-0.05, 0) is 24.8 Å². The van der Waals surface area contributed by atoms with E-state index in [4.69, 9.17) is 9.57 Å². The summed E-state index contributed by atoms with van der Waals surface area (Å²) in [6, 6.07) is 1.50. The summed E-state index contributed by atoms with van der Waals surface area (Å²) in [4.78, 5) is 20.7. The van der Waals surface area contributed by atoms with Gasteiger partial charge in [-0.15, -0.1) is 0 Å². The summed E-state index contributed by atoms with van der Waals surface area (Å²) in [6.45, 7) is 0.130. The Bertz CT molecular complexity index is 601. The monoisotopic (exact) mass is 292 g/mol. The van der Waals surface area contributed by atoms with E-state index >= 15 is 0 Å². The predicted molar refractivity (Wildman–Crippen MR) is 72.5 cm³/mol. The molecule has 7 heteroatoms. The molecule has 1 aromatic heterocycles. The van der Waals surface area contributed by atoms with Crippen LogP contribution < -0.4 is 4.74 Å². The number of hydrogen-bond acceptors (Lipinski definition) is 6. The van der Waals surface area contributed by atoms with E-state index in [0.717, 1.165) is 12.8 Å². The van der Waals surface area contributed by atoms with Crippen LogP contribution in [0.1, 0.15) is 28.8 Å². The van der Waals surface area contributed by atoms with E-state index < -0.39 is 5.97 Å². The molecule has 3 unspecified atom stereocenters. The Labute approximate surface area is 121 Å². The van der Waals surface area contributed by atoms with Crippen molar-refractivity contribution in [3.05, 3.63) is 23.4 Å². The molecule has 112 valence electrons. The van der Waals surface area contributed by atoms with Gasteiger partial charge < -0.3 is 19.8 Å². The van der Waals surface area contributed by atoms with Crippen molar-refractivity contribution in [1.82, 2.24) is 4.98 Å². The van der Waals surface area contributed by atoms with Gasteiger partial charge in [-0.1, -0.05) is 5.16 Å². The molecule has 0 saturated heterocycles. The van der Waals surface area contributed by atoms with E-state index in [0.29, 0.717) is 11.3 Å². The highest BCUT2D eigenvalue weighted by Gasteiger charge is 2.43. The van der Waals surface area contributed by atoms with Gasteiger partial charge in [0.1, 0.15) is 11.7 Å². The minimum atomic E-state index is -1.10. The van der Waals surface area contributed by atoms with Crippen molar-refractivity contribution >= 4 is 11.7 Å². The minimum absolute atomic E-state index is 0.00199. The first-order chi connectivity index (χ1) is 10.1. The molecule has 1 saturated carbocycles. The molecule has 3 atom stereocenters. The SMILES string of the molecule is COc1ncc(C2=NOC3CC(CO)CC23)cc1C(=O)O. The zero-order valence-electron chi connectivity index (χ0n) is 11.5. The van der Waals surface area contributed by atoms with Crippen LogP contribution in [0.5, 0.6) is 5.88 Å². The standard InChI is InChI=1S/C14H16N2O5/c1-20-13-10(14(18)19)4-8(5-15-13)12-9-2-7(6-17)3-11(9)21-16-12/h4-5,7,9,11,17H,2-3,6H2,1H3,(H,18,19). The number of aromatic nitrogens is 1. The van der Waals surface area contributed by atoms with Crippen LogP contribution in [-0.4, -0.2) is 46.7 Å². The number of aliphatic hydroxyl groups is 1. The topological polar surface area (TPSA) is 101 Å². The molecule has 7 nitrogen and oxygen atoms in total. The molecule has 0 radical (unpaired) electrons. The highest BCUT2D eigenvalue weighted by atomic mass is 16.6. The first-order valence-corrected chi connectivity index (χ1v) is 6.76. The number of rotatable bonds is 4. The summed E-state index contributed by atoms with van der Waals surface area (Å²) < 4.78 is 4.95. The van der Waals surface area contributed by atoms with Gasteiger partial charge in [0, 0.05) is 24.3 Å². The van der Waals surface area contributed by atoms with Crippen LogP contribution in [0.3, 0.4) is 0 Å². The predicted octanol–water partition coefficient (Wildman–Crippen LogP) is 0.910. The van der Waals surface area contributed by atoms with Crippen LogP contribution in [0.2, 0.25) is 0 Å². The fourth-order valence-electron chi connectivity index (χ4n) is 3.02. The zero-order chi connectivity index (χ0) is 15.0. The number of aliphatic hydroxyl groups excluding tert-OH is 1. The van der Waals surface area contributed by atoms with E-state index in [1.165, 1.54) is 13.2 Å². The van der Waals surface area contributed by atoms with Gasteiger partial charge >= 0.3 is 5.97 Å². The molecule has 0 spiro atoms. The lowest BCUT2D eigenvalue weighted by molar-refractivity contribution is 0.0684. The summed E-state index contributed by atoms with van der Waals surface area (Å²) in [6.07, 6.45) is 3.06. The largest absolute Gasteiger partial charge is 0.480 e. The highest BCUT2D eigenvalue weighted by Crippen LogP contribution is 2.39. The molecule has 2 N–H and O–H groups in total. The fraction of sp³-hybridized carbons (Fsp3) is 0.500. The van der Waals surface area contributed by atoms with Gasteiger partial charge in [-0.25, -0.2) is 9.78 Å². The molecule has 3 rings (SSSR count). The summed E-state index contributed by atoms with van der Waals surface area (Å²) in [5.74, 6) is -0.742. The molecule has 1 aliphatic heterocycles. The number of nitrogens with zero attached hydrogens (tertiary/aromatic N) is 2. The third-order valence-electron chi connectivity index (χ3n) is 4.07. The van der Waals surface area contributed by atoms with Crippen LogP contribution in [-0.2, 0) is 4.84 Å². The highest BCUT2D eigenvalue weighted by molar-refractivity contribution is 6.04. The number of oxime groups is 1. The second-order valence-electron chi connectivity index (χ2n) is 5.33. The molecule has 21 heavy (non-hydrogen) atoms. The van der Waals surface area contributed by atoms with Crippen molar-refractivity contribution in [3.63, 3.8) is 0 Å². The Morgan fingerprint density at radius 1 is 1.52 bits per heavy atom. The normalized spacial score (nSPS) is 27.0. The summed E-state index contributed by atoms with van der Waals surface area (Å²) in [7, 11) is 1.38. The second kappa shape index (κ2) is 5.33. The summed E-state index contributed by atoms with van der Waals surface area (Å²) >= 11 is 0. The van der Waals surface area contributed by atoms with Crippen molar-refractivity contribution in [2.75, 3.05) is 13.7 Å². The van der Waals surface area contributed by atoms with Crippen molar-refractivity contribution in [2.45, 2.75) is 18.9 Å². The third kappa shape index (κ3) is 2.33. The maximum Gasteiger partial charge on any atom is 0.341 e. The fourth-order valence-corrected chi connectivity index (χ4v) is 3.02. The van der Waals surface area contributed by atoms with Gasteiger partial charge in [-0.2, -0.15) is 0 Å². The Balaban J connectivity index is 1.91. The number of hydrogen-bond donors (Lipinski definition) is 2. The molecule has 0 amide bonds. The molecule has 0 aromatic carbocycles. The van der Waals surface area contributed by atoms with Crippen molar-refractivity contribution < 1.29 is 24.6 Å².